The largest absolute Gasteiger partial charge is 0.364 e. The number of nitrogens with zero attached hydrogens (tertiary/aromatic N) is 6. The molecule has 1 aromatic carbocycles. The van der Waals surface area contributed by atoms with Gasteiger partial charge in [-0.1, -0.05) is 23.7 Å². The van der Waals surface area contributed by atoms with Crippen molar-refractivity contribution < 1.29 is 0 Å². The first-order valence-corrected chi connectivity index (χ1v) is 9.01. The molecule has 0 aliphatic rings. The van der Waals surface area contributed by atoms with Gasteiger partial charge in [-0.05, 0) is 17.7 Å². The van der Waals surface area contributed by atoms with Crippen molar-refractivity contribution in [3.05, 3.63) is 60.0 Å². The maximum absolute atomic E-state index is 6.38. The van der Waals surface area contributed by atoms with Crippen molar-refractivity contribution in [2.75, 3.05) is 5.32 Å². The summed E-state index contributed by atoms with van der Waals surface area (Å²) in [5.41, 5.74) is 4.88. The quantitative estimate of drug-likeness (QED) is 0.410. The van der Waals surface area contributed by atoms with Crippen LogP contribution in [0.3, 0.4) is 0 Å². The summed E-state index contributed by atoms with van der Waals surface area (Å²) in [4.78, 5) is 24.8. The van der Waals surface area contributed by atoms with Gasteiger partial charge in [-0.15, -0.1) is 24.8 Å². The maximum Gasteiger partial charge on any atom is 0.162 e. The zero-order valence-corrected chi connectivity index (χ0v) is 18.1. The van der Waals surface area contributed by atoms with Crippen molar-refractivity contribution in [3.8, 4) is 11.4 Å². The van der Waals surface area contributed by atoms with E-state index >= 15 is 0 Å². The molecule has 0 spiro atoms. The van der Waals surface area contributed by atoms with Gasteiger partial charge in [0.1, 0.15) is 11.8 Å². The van der Waals surface area contributed by atoms with E-state index in [4.69, 9.17) is 16.6 Å². The lowest BCUT2D eigenvalue weighted by Gasteiger charge is -2.13. The molecule has 4 aromatic heterocycles. The predicted molar refractivity (Wildman–Crippen MR) is 122 cm³/mol. The highest BCUT2D eigenvalue weighted by Gasteiger charge is 2.15. The Labute approximate surface area is 189 Å². The first-order valence-electron chi connectivity index (χ1n) is 8.63. The molecule has 11 heteroatoms. The van der Waals surface area contributed by atoms with E-state index in [-0.39, 0.29) is 24.8 Å². The Morgan fingerprint density at radius 1 is 1.13 bits per heavy atom. The molecule has 4 heterocycles. The summed E-state index contributed by atoms with van der Waals surface area (Å²) in [7, 11) is 1.94. The molecule has 0 aliphatic carbocycles. The Morgan fingerprint density at radius 3 is 2.80 bits per heavy atom. The standard InChI is InChI=1S/C19H15ClN8.2ClH/c1-28-10-21-7-14(28)16-12(5-11-3-2-4-13(20)15(11)27-16)6-22-18-17-19(24-8-23-17)26-9-25-18;;/h2-5,7-10H,6H2,1H3,(H2,22,23,24,25,26);2*1H. The Morgan fingerprint density at radius 2 is 2.00 bits per heavy atom. The number of hydrogen-bond acceptors (Lipinski definition) is 6. The normalized spacial score (nSPS) is 10.6. The molecule has 0 atom stereocenters. The van der Waals surface area contributed by atoms with Crippen LogP contribution in [0.4, 0.5) is 5.82 Å². The van der Waals surface area contributed by atoms with Crippen molar-refractivity contribution in [2.24, 2.45) is 7.05 Å². The van der Waals surface area contributed by atoms with E-state index in [0.717, 1.165) is 27.9 Å². The highest BCUT2D eigenvalue weighted by Crippen LogP contribution is 2.29. The topological polar surface area (TPSA) is 97.2 Å². The maximum atomic E-state index is 6.38. The number of aromatic amines is 1. The molecule has 0 saturated carbocycles. The Balaban J connectivity index is 0.00000128. The van der Waals surface area contributed by atoms with Crippen molar-refractivity contribution >= 4 is 64.3 Å². The van der Waals surface area contributed by atoms with Crippen LogP contribution in [0.1, 0.15) is 5.56 Å². The van der Waals surface area contributed by atoms with E-state index in [1.165, 1.54) is 6.33 Å². The molecule has 0 amide bonds. The third-order valence-electron chi connectivity index (χ3n) is 4.60. The molecule has 5 aromatic rings. The molecule has 2 N–H and O–H groups in total. The number of hydrogen-bond donors (Lipinski definition) is 2. The van der Waals surface area contributed by atoms with Gasteiger partial charge in [-0.25, -0.2) is 24.9 Å². The SMILES string of the molecule is Cl.Cl.Cn1cncc1-c1nc2c(Cl)cccc2cc1CNc1ncnc2[nH]cnc12. The molecule has 0 bridgehead atoms. The fourth-order valence-electron chi connectivity index (χ4n) is 3.22. The number of fused-ring (bicyclic) bond motifs is 2. The molecular weight excluding hydrogens is 447 g/mol. The van der Waals surface area contributed by atoms with Crippen LogP contribution >= 0.6 is 36.4 Å². The number of pyridine rings is 1. The van der Waals surface area contributed by atoms with Crippen LogP contribution in [0.25, 0.3) is 33.5 Å². The second-order valence-corrected chi connectivity index (χ2v) is 6.78. The number of aryl methyl sites for hydroxylation is 1. The Kier molecular flexibility index (Phi) is 6.40. The van der Waals surface area contributed by atoms with Gasteiger partial charge in [0, 0.05) is 19.0 Å². The molecular formula is C19H17Cl3N8. The average molecular weight is 464 g/mol. The summed E-state index contributed by atoms with van der Waals surface area (Å²) < 4.78 is 1.94. The number of imidazole rings is 2. The summed E-state index contributed by atoms with van der Waals surface area (Å²) in [6.45, 7) is 0.509. The molecule has 0 unspecified atom stereocenters. The number of nitrogens with one attached hydrogen (secondary N) is 2. The minimum Gasteiger partial charge on any atom is -0.364 e. The highest BCUT2D eigenvalue weighted by atomic mass is 35.5. The van der Waals surface area contributed by atoms with Gasteiger partial charge in [-0.3, -0.25) is 0 Å². The number of benzene rings is 1. The van der Waals surface area contributed by atoms with Gasteiger partial charge in [0.2, 0.25) is 0 Å². The van der Waals surface area contributed by atoms with Gasteiger partial charge < -0.3 is 14.9 Å². The van der Waals surface area contributed by atoms with E-state index in [9.17, 15) is 0 Å². The number of para-hydroxylation sites is 1. The third-order valence-corrected chi connectivity index (χ3v) is 4.90. The molecule has 5 rings (SSSR count). The van der Waals surface area contributed by atoms with Gasteiger partial charge in [0.25, 0.3) is 0 Å². The lowest BCUT2D eigenvalue weighted by atomic mass is 10.1. The Hall–Kier alpha value is -2.94. The fourth-order valence-corrected chi connectivity index (χ4v) is 3.45. The third kappa shape index (κ3) is 3.77. The summed E-state index contributed by atoms with van der Waals surface area (Å²) in [6, 6.07) is 7.86. The van der Waals surface area contributed by atoms with E-state index in [1.54, 1.807) is 18.9 Å². The second-order valence-electron chi connectivity index (χ2n) is 6.37. The highest BCUT2D eigenvalue weighted by molar-refractivity contribution is 6.35. The van der Waals surface area contributed by atoms with Crippen LogP contribution in [-0.4, -0.2) is 34.5 Å². The number of anilines is 1. The number of H-pyrrole nitrogens is 1. The molecule has 154 valence electrons. The summed E-state index contributed by atoms with van der Waals surface area (Å²) in [6.07, 6.45) is 6.66. The zero-order chi connectivity index (χ0) is 19.1. The number of aromatic nitrogens is 7. The van der Waals surface area contributed by atoms with E-state index in [2.05, 4.69) is 36.3 Å². The monoisotopic (exact) mass is 462 g/mol. The minimum atomic E-state index is 0. The zero-order valence-electron chi connectivity index (χ0n) is 15.7. The number of rotatable bonds is 4. The molecule has 0 radical (unpaired) electrons. The first kappa shape index (κ1) is 21.8. The predicted octanol–water partition coefficient (Wildman–Crippen LogP) is 4.41. The smallest absolute Gasteiger partial charge is 0.162 e. The van der Waals surface area contributed by atoms with E-state index in [0.29, 0.717) is 28.5 Å². The summed E-state index contributed by atoms with van der Waals surface area (Å²) >= 11 is 6.38. The first-order chi connectivity index (χ1) is 13.7. The van der Waals surface area contributed by atoms with E-state index in [1.807, 2.05) is 29.8 Å². The molecule has 0 fully saturated rings. The van der Waals surface area contributed by atoms with Crippen LogP contribution in [0.2, 0.25) is 5.02 Å². The molecule has 8 nitrogen and oxygen atoms in total. The molecule has 0 saturated heterocycles. The van der Waals surface area contributed by atoms with Crippen molar-refractivity contribution in [1.82, 2.24) is 34.5 Å². The van der Waals surface area contributed by atoms with Gasteiger partial charge >= 0.3 is 0 Å². The second kappa shape index (κ2) is 8.83. The van der Waals surface area contributed by atoms with Crippen LogP contribution < -0.4 is 5.32 Å². The van der Waals surface area contributed by atoms with Crippen molar-refractivity contribution in [2.45, 2.75) is 6.54 Å². The fraction of sp³-hybridized carbons (Fsp3) is 0.105. The lowest BCUT2D eigenvalue weighted by Crippen LogP contribution is -2.06. The van der Waals surface area contributed by atoms with Gasteiger partial charge in [0.05, 0.1) is 40.8 Å². The summed E-state index contributed by atoms with van der Waals surface area (Å²) in [5, 5.41) is 4.95. The van der Waals surface area contributed by atoms with Crippen LogP contribution in [0, 0.1) is 0 Å². The average Bonchev–Trinajstić information content (AvgIpc) is 3.35. The van der Waals surface area contributed by atoms with Crippen molar-refractivity contribution in [3.63, 3.8) is 0 Å². The lowest BCUT2D eigenvalue weighted by molar-refractivity contribution is 0.913. The van der Waals surface area contributed by atoms with Crippen LogP contribution in [-0.2, 0) is 13.6 Å². The van der Waals surface area contributed by atoms with Crippen molar-refractivity contribution in [1.29, 1.82) is 0 Å². The number of halogens is 3. The van der Waals surface area contributed by atoms with Gasteiger partial charge in [0.15, 0.2) is 11.5 Å². The summed E-state index contributed by atoms with van der Waals surface area (Å²) in [5.74, 6) is 0.661. The van der Waals surface area contributed by atoms with Gasteiger partial charge in [-0.2, -0.15) is 0 Å². The Bertz CT molecular complexity index is 1310. The minimum absolute atomic E-state index is 0. The van der Waals surface area contributed by atoms with Crippen LogP contribution in [0.15, 0.2) is 49.4 Å². The molecule has 0 aliphatic heterocycles. The van der Waals surface area contributed by atoms with Crippen LogP contribution in [0.5, 0.6) is 0 Å². The molecule has 30 heavy (non-hydrogen) atoms. The van der Waals surface area contributed by atoms with E-state index < -0.39 is 0 Å².